The number of aromatic nitrogens is 1. The Balaban J connectivity index is 1.89. The van der Waals surface area contributed by atoms with Crippen molar-refractivity contribution >= 4 is 45.1 Å². The number of fused-ring (bicyclic) bond motifs is 1. The molecular weight excluding hydrogens is 514 g/mol. The third-order valence-electron chi connectivity index (χ3n) is 5.00. The highest BCUT2D eigenvalue weighted by Gasteiger charge is 2.42. The minimum absolute atomic E-state index is 0.244. The van der Waals surface area contributed by atoms with Gasteiger partial charge in [0.15, 0.2) is 0 Å². The lowest BCUT2D eigenvalue weighted by molar-refractivity contribution is -0.137. The summed E-state index contributed by atoms with van der Waals surface area (Å²) in [5, 5.41) is 4.78. The van der Waals surface area contributed by atoms with E-state index in [2.05, 4.69) is 32.9 Å². The summed E-state index contributed by atoms with van der Waals surface area (Å²) < 4.78 is 38.0. The fourth-order valence-corrected chi connectivity index (χ4v) is 3.91. The van der Waals surface area contributed by atoms with Crippen LogP contribution in [0, 0.1) is 0 Å². The van der Waals surface area contributed by atoms with Gasteiger partial charge >= 0.3 is 6.18 Å². The topological polar surface area (TPSA) is 50.9 Å². The first kappa shape index (κ1) is 22.3. The number of halogens is 5. The van der Waals surface area contributed by atoms with Crippen LogP contribution in [-0.4, -0.2) is 10.5 Å². The van der Waals surface area contributed by atoms with Crippen LogP contribution in [-0.2, 0) is 16.3 Å². The van der Waals surface area contributed by atoms with Gasteiger partial charge in [0.1, 0.15) is 3.55 Å². The van der Waals surface area contributed by atoms with Gasteiger partial charge in [-0.3, -0.25) is 4.98 Å². The van der Waals surface area contributed by atoms with Gasteiger partial charge in [0.2, 0.25) is 0 Å². The summed E-state index contributed by atoms with van der Waals surface area (Å²) in [6.07, 6.45) is -2.69. The molecule has 29 heavy (non-hydrogen) atoms. The number of rotatable bonds is 5. The van der Waals surface area contributed by atoms with Gasteiger partial charge in [-0.05, 0) is 49.2 Å². The Labute approximate surface area is 186 Å². The van der Waals surface area contributed by atoms with Crippen LogP contribution in [0.3, 0.4) is 0 Å². The molecule has 0 aliphatic heterocycles. The standard InChI is InChI=1S/C21H20ClF3IN3/c1-19(2,29-12-13-4-3-5-14(10-13)21(23,24)25)20(26,27)17-8-9-28-18-11-15(22)6-7-16(17)18/h3-11,29H,12,27H2,1-2H3. The van der Waals surface area contributed by atoms with Crippen LogP contribution in [0.1, 0.15) is 30.5 Å². The molecule has 0 fully saturated rings. The van der Waals surface area contributed by atoms with Crippen molar-refractivity contribution in [3.05, 3.63) is 76.4 Å². The molecule has 3 N–H and O–H groups in total. The maximum absolute atomic E-state index is 13.0. The molecule has 1 heterocycles. The van der Waals surface area contributed by atoms with E-state index in [4.69, 9.17) is 17.3 Å². The summed E-state index contributed by atoms with van der Waals surface area (Å²) in [7, 11) is 0. The number of nitrogens with zero attached hydrogens (tertiary/aromatic N) is 1. The monoisotopic (exact) mass is 533 g/mol. The lowest BCUT2D eigenvalue weighted by Crippen LogP contribution is -2.58. The van der Waals surface area contributed by atoms with Gasteiger partial charge in [-0.2, -0.15) is 13.2 Å². The molecule has 3 rings (SSSR count). The van der Waals surface area contributed by atoms with Gasteiger partial charge in [-0.1, -0.05) is 58.5 Å². The highest BCUT2D eigenvalue weighted by molar-refractivity contribution is 14.1. The van der Waals surface area contributed by atoms with E-state index in [0.717, 1.165) is 28.6 Å². The molecular formula is C21H20ClF3IN3. The normalized spacial score (nSPS) is 14.8. The minimum Gasteiger partial charge on any atom is -0.312 e. The van der Waals surface area contributed by atoms with E-state index in [0.29, 0.717) is 10.6 Å². The van der Waals surface area contributed by atoms with E-state index < -0.39 is 20.8 Å². The zero-order chi connectivity index (χ0) is 21.4. The quantitative estimate of drug-likeness (QED) is 0.240. The van der Waals surface area contributed by atoms with Gasteiger partial charge in [0.05, 0.1) is 11.1 Å². The van der Waals surface area contributed by atoms with Gasteiger partial charge in [0.25, 0.3) is 0 Å². The molecule has 8 heteroatoms. The fraction of sp³-hybridized carbons (Fsp3) is 0.286. The second-order valence-electron chi connectivity index (χ2n) is 7.41. The second-order valence-corrected chi connectivity index (χ2v) is 9.55. The Bertz CT molecular complexity index is 1040. The van der Waals surface area contributed by atoms with Crippen LogP contribution in [0.4, 0.5) is 13.2 Å². The molecule has 1 unspecified atom stereocenters. The lowest BCUT2D eigenvalue weighted by atomic mass is 9.87. The summed E-state index contributed by atoms with van der Waals surface area (Å²) in [5.74, 6) is 0. The number of hydrogen-bond acceptors (Lipinski definition) is 3. The zero-order valence-corrected chi connectivity index (χ0v) is 18.7. The van der Waals surface area contributed by atoms with Crippen molar-refractivity contribution in [2.75, 3.05) is 0 Å². The van der Waals surface area contributed by atoms with Crippen LogP contribution in [0.2, 0.25) is 5.02 Å². The van der Waals surface area contributed by atoms with Crippen molar-refractivity contribution in [1.29, 1.82) is 0 Å². The summed E-state index contributed by atoms with van der Waals surface area (Å²) in [6, 6.07) is 12.6. The third kappa shape index (κ3) is 4.68. The van der Waals surface area contributed by atoms with Crippen LogP contribution >= 0.6 is 34.2 Å². The molecule has 0 spiro atoms. The Kier molecular flexibility index (Phi) is 6.16. The first-order chi connectivity index (χ1) is 13.4. The molecule has 0 amide bonds. The molecule has 2 aromatic carbocycles. The number of nitrogens with two attached hydrogens (primary N) is 1. The second kappa shape index (κ2) is 8.02. The average molecular weight is 534 g/mol. The van der Waals surface area contributed by atoms with Crippen LogP contribution in [0.25, 0.3) is 10.9 Å². The molecule has 3 nitrogen and oxygen atoms in total. The van der Waals surface area contributed by atoms with Gasteiger partial charge in [0, 0.05) is 28.7 Å². The number of alkyl halides is 4. The molecule has 0 radical (unpaired) electrons. The van der Waals surface area contributed by atoms with Crippen molar-refractivity contribution in [3.8, 4) is 0 Å². The van der Waals surface area contributed by atoms with Crippen molar-refractivity contribution < 1.29 is 13.2 Å². The predicted molar refractivity (Wildman–Crippen MR) is 119 cm³/mol. The Morgan fingerprint density at radius 2 is 1.83 bits per heavy atom. The third-order valence-corrected chi connectivity index (χ3v) is 7.16. The summed E-state index contributed by atoms with van der Waals surface area (Å²) in [4.78, 5) is 4.35. The smallest absolute Gasteiger partial charge is 0.312 e. The van der Waals surface area contributed by atoms with E-state index >= 15 is 0 Å². The fourth-order valence-electron chi connectivity index (χ4n) is 3.08. The SMILES string of the molecule is CC(C)(NCc1cccc(C(F)(F)F)c1)C(N)(I)c1ccnc2cc(Cl)ccc12. The summed E-state index contributed by atoms with van der Waals surface area (Å²) >= 11 is 8.25. The molecule has 1 aromatic heterocycles. The summed E-state index contributed by atoms with van der Waals surface area (Å²) in [5.41, 5.74) is 7.57. The van der Waals surface area contributed by atoms with Crippen molar-refractivity contribution in [3.63, 3.8) is 0 Å². The first-order valence-corrected chi connectivity index (χ1v) is 10.3. The molecule has 3 aromatic rings. The average Bonchev–Trinajstić information content (AvgIpc) is 2.65. The molecule has 0 aliphatic rings. The van der Waals surface area contributed by atoms with Crippen molar-refractivity contribution in [1.82, 2.24) is 10.3 Å². The van der Waals surface area contributed by atoms with E-state index in [1.807, 2.05) is 26.0 Å². The van der Waals surface area contributed by atoms with Crippen LogP contribution in [0.15, 0.2) is 54.7 Å². The van der Waals surface area contributed by atoms with E-state index in [1.165, 1.54) is 6.07 Å². The number of benzene rings is 2. The summed E-state index contributed by atoms with van der Waals surface area (Å²) in [6.45, 7) is 4.10. The molecule has 0 saturated carbocycles. The predicted octanol–water partition coefficient (Wildman–Crippen LogP) is 6.02. The molecule has 0 aliphatic carbocycles. The van der Waals surface area contributed by atoms with Gasteiger partial charge in [-0.15, -0.1) is 0 Å². The highest BCUT2D eigenvalue weighted by Crippen LogP contribution is 2.40. The van der Waals surface area contributed by atoms with Crippen LogP contribution in [0.5, 0.6) is 0 Å². The zero-order valence-electron chi connectivity index (χ0n) is 15.8. The van der Waals surface area contributed by atoms with Crippen LogP contribution < -0.4 is 11.1 Å². The Hall–Kier alpha value is -1.42. The Morgan fingerprint density at radius 1 is 1.10 bits per heavy atom. The van der Waals surface area contributed by atoms with Crippen molar-refractivity contribution in [2.45, 2.75) is 35.7 Å². The number of hydrogen-bond donors (Lipinski definition) is 2. The first-order valence-electron chi connectivity index (χ1n) is 8.85. The molecule has 0 saturated heterocycles. The molecule has 154 valence electrons. The lowest BCUT2D eigenvalue weighted by Gasteiger charge is -2.41. The highest BCUT2D eigenvalue weighted by atomic mass is 127. The van der Waals surface area contributed by atoms with Gasteiger partial charge < -0.3 is 11.1 Å². The Morgan fingerprint density at radius 3 is 2.52 bits per heavy atom. The minimum atomic E-state index is -4.37. The molecule has 0 bridgehead atoms. The van der Waals surface area contributed by atoms with E-state index in [9.17, 15) is 13.2 Å². The van der Waals surface area contributed by atoms with Gasteiger partial charge in [-0.25, -0.2) is 0 Å². The van der Waals surface area contributed by atoms with E-state index in [1.54, 1.807) is 24.4 Å². The molecule has 1 atom stereocenters. The maximum atomic E-state index is 13.0. The van der Waals surface area contributed by atoms with E-state index in [-0.39, 0.29) is 6.54 Å². The van der Waals surface area contributed by atoms with Crippen molar-refractivity contribution in [2.24, 2.45) is 5.73 Å². The number of pyridine rings is 1. The largest absolute Gasteiger partial charge is 0.416 e. The number of nitrogens with one attached hydrogen (secondary N) is 1. The maximum Gasteiger partial charge on any atom is 0.416 e.